The number of carbonyl (C=O) groups excluding carboxylic acids is 1. The molecule has 0 aromatic rings. The third kappa shape index (κ3) is 0.926. The minimum atomic E-state index is -0.610. The maximum Gasteiger partial charge on any atom is 0.234 e. The van der Waals surface area contributed by atoms with Crippen molar-refractivity contribution >= 4 is 5.91 Å². The van der Waals surface area contributed by atoms with E-state index < -0.39 is 11.8 Å². The fourth-order valence-corrected chi connectivity index (χ4v) is 1.45. The Balaban J connectivity index is 2.10. The quantitative estimate of drug-likeness (QED) is 0.310. The first kappa shape index (κ1) is 7.02. The molecule has 62 valence electrons. The van der Waals surface area contributed by atoms with Crippen LogP contribution in [0.1, 0.15) is 0 Å². The Morgan fingerprint density at radius 3 is 2.73 bits per heavy atom. The van der Waals surface area contributed by atoms with Crippen molar-refractivity contribution in [1.82, 2.24) is 16.0 Å². The van der Waals surface area contributed by atoms with Gasteiger partial charge in [0.15, 0.2) is 0 Å². The minimum Gasteiger partial charge on any atom is -0.376 e. The average molecular weight is 157 g/mol. The minimum absolute atomic E-state index is 0.0446. The normalized spacial score (nSPS) is 34.6. The van der Waals surface area contributed by atoms with Crippen LogP contribution in [-0.4, -0.2) is 42.4 Å². The van der Waals surface area contributed by atoms with Crippen molar-refractivity contribution in [3.05, 3.63) is 0 Å². The van der Waals surface area contributed by atoms with Crippen molar-refractivity contribution in [2.24, 2.45) is 0 Å². The molecule has 0 radical (unpaired) electrons. The van der Waals surface area contributed by atoms with E-state index in [4.69, 9.17) is 0 Å². The topological polar surface area (TPSA) is 73.4 Å². The van der Waals surface area contributed by atoms with Crippen LogP contribution in [0.2, 0.25) is 0 Å². The van der Waals surface area contributed by atoms with Gasteiger partial charge >= 0.3 is 0 Å². The maximum absolute atomic E-state index is 10.9. The largest absolute Gasteiger partial charge is 0.376 e. The van der Waals surface area contributed by atoms with Gasteiger partial charge in [0.1, 0.15) is 11.8 Å². The van der Waals surface area contributed by atoms with E-state index in [1.54, 1.807) is 0 Å². The Hall–Kier alpha value is -0.650. The van der Waals surface area contributed by atoms with Crippen LogP contribution in [-0.2, 0) is 4.79 Å². The number of nitrogens with one attached hydrogen (secondary N) is 3. The second-order valence-corrected chi connectivity index (χ2v) is 3.09. The summed E-state index contributed by atoms with van der Waals surface area (Å²) in [4.78, 5) is 10.9. The Morgan fingerprint density at radius 1 is 1.55 bits per heavy atom. The van der Waals surface area contributed by atoms with Crippen molar-refractivity contribution in [2.45, 2.75) is 11.8 Å². The molecule has 1 amide bonds. The molecule has 5 heteroatoms. The Morgan fingerprint density at radius 2 is 2.27 bits per heavy atom. The first-order chi connectivity index (χ1) is 5.23. The van der Waals surface area contributed by atoms with Crippen LogP contribution in [0.4, 0.5) is 0 Å². The smallest absolute Gasteiger partial charge is 0.234 e. The molecule has 2 aliphatic rings. The van der Waals surface area contributed by atoms with Gasteiger partial charge in [-0.05, 0) is 0 Å². The van der Waals surface area contributed by atoms with Crippen molar-refractivity contribution in [3.63, 3.8) is 0 Å². The van der Waals surface area contributed by atoms with Gasteiger partial charge in [0.05, 0.1) is 6.54 Å². The van der Waals surface area contributed by atoms with E-state index in [9.17, 15) is 9.90 Å². The predicted octanol–water partition coefficient (Wildman–Crippen LogP) is -2.63. The number of hydrogen-bond donors (Lipinski definition) is 4. The van der Waals surface area contributed by atoms with Gasteiger partial charge in [0.2, 0.25) is 5.91 Å². The van der Waals surface area contributed by atoms with Crippen molar-refractivity contribution < 1.29 is 9.90 Å². The SMILES string of the molecule is O=C1CNC(O)C2(CNC2)N1. The molecule has 2 heterocycles. The van der Waals surface area contributed by atoms with Crippen LogP contribution in [0.15, 0.2) is 0 Å². The molecule has 0 aromatic heterocycles. The standard InChI is InChI=1S/C6H11N3O2/c10-4-1-8-5(11)6(9-4)2-7-3-6/h5,7-8,11H,1-3H2,(H,9,10). The first-order valence-corrected chi connectivity index (χ1v) is 3.66. The summed E-state index contributed by atoms with van der Waals surface area (Å²) in [6, 6.07) is 0. The zero-order valence-corrected chi connectivity index (χ0v) is 6.05. The van der Waals surface area contributed by atoms with Gasteiger partial charge < -0.3 is 15.7 Å². The molecular weight excluding hydrogens is 146 g/mol. The second-order valence-electron chi connectivity index (χ2n) is 3.09. The molecule has 2 fully saturated rings. The lowest BCUT2D eigenvalue weighted by molar-refractivity contribution is -0.132. The van der Waals surface area contributed by atoms with Crippen LogP contribution >= 0.6 is 0 Å². The predicted molar refractivity (Wildman–Crippen MR) is 37.8 cm³/mol. The molecule has 1 unspecified atom stereocenters. The molecule has 5 nitrogen and oxygen atoms in total. The highest BCUT2D eigenvalue weighted by molar-refractivity contribution is 5.80. The molecule has 0 bridgehead atoms. The van der Waals surface area contributed by atoms with E-state index in [-0.39, 0.29) is 12.5 Å². The summed E-state index contributed by atoms with van der Waals surface area (Å²) in [6.07, 6.45) is -0.610. The highest BCUT2D eigenvalue weighted by atomic mass is 16.3. The van der Waals surface area contributed by atoms with Crippen LogP contribution < -0.4 is 16.0 Å². The lowest BCUT2D eigenvalue weighted by Gasteiger charge is -2.48. The summed E-state index contributed by atoms with van der Waals surface area (Å²) >= 11 is 0. The lowest BCUT2D eigenvalue weighted by atomic mass is 9.88. The van der Waals surface area contributed by atoms with Gasteiger partial charge in [0, 0.05) is 13.1 Å². The number of piperazine rings is 1. The Kier molecular flexibility index (Phi) is 1.38. The van der Waals surface area contributed by atoms with Gasteiger partial charge in [0.25, 0.3) is 0 Å². The fraction of sp³-hybridized carbons (Fsp3) is 0.833. The second kappa shape index (κ2) is 2.17. The van der Waals surface area contributed by atoms with E-state index in [2.05, 4.69) is 16.0 Å². The van der Waals surface area contributed by atoms with E-state index in [1.165, 1.54) is 0 Å². The monoisotopic (exact) mass is 157 g/mol. The molecule has 2 saturated heterocycles. The van der Waals surface area contributed by atoms with Crippen LogP contribution in [0, 0.1) is 0 Å². The molecule has 2 aliphatic heterocycles. The molecule has 1 atom stereocenters. The van der Waals surface area contributed by atoms with Gasteiger partial charge in [-0.2, -0.15) is 0 Å². The molecule has 0 aliphatic carbocycles. The van der Waals surface area contributed by atoms with E-state index in [0.717, 1.165) is 0 Å². The summed E-state index contributed by atoms with van der Waals surface area (Å²) < 4.78 is 0. The summed E-state index contributed by atoms with van der Waals surface area (Å²) in [5, 5.41) is 17.9. The van der Waals surface area contributed by atoms with Crippen molar-refractivity contribution in [2.75, 3.05) is 19.6 Å². The number of carbonyl (C=O) groups is 1. The number of rotatable bonds is 0. The van der Waals surface area contributed by atoms with Gasteiger partial charge in [-0.15, -0.1) is 0 Å². The molecule has 1 spiro atoms. The van der Waals surface area contributed by atoms with Crippen molar-refractivity contribution in [1.29, 1.82) is 0 Å². The summed E-state index contributed by atoms with van der Waals surface area (Å²) in [5.74, 6) is -0.0446. The van der Waals surface area contributed by atoms with E-state index in [1.807, 2.05) is 0 Å². The molecule has 0 saturated carbocycles. The number of hydrogen-bond acceptors (Lipinski definition) is 4. The third-order valence-electron chi connectivity index (χ3n) is 2.25. The number of amides is 1. The summed E-state index contributed by atoms with van der Waals surface area (Å²) in [7, 11) is 0. The first-order valence-electron chi connectivity index (χ1n) is 3.66. The molecule has 2 rings (SSSR count). The molecule has 0 aromatic carbocycles. The Labute approximate surface area is 64.2 Å². The van der Waals surface area contributed by atoms with E-state index >= 15 is 0 Å². The molecule has 11 heavy (non-hydrogen) atoms. The molecular formula is C6H11N3O2. The highest BCUT2D eigenvalue weighted by Gasteiger charge is 2.47. The van der Waals surface area contributed by atoms with Crippen LogP contribution in [0.5, 0.6) is 0 Å². The van der Waals surface area contributed by atoms with Crippen LogP contribution in [0.25, 0.3) is 0 Å². The zero-order chi connectivity index (χ0) is 7.90. The molecule has 4 N–H and O–H groups in total. The summed E-state index contributed by atoms with van der Waals surface area (Å²) in [6.45, 7) is 1.50. The Bertz CT molecular complexity index is 190. The van der Waals surface area contributed by atoms with Gasteiger partial charge in [-0.3, -0.25) is 10.1 Å². The highest BCUT2D eigenvalue weighted by Crippen LogP contribution is 2.16. The zero-order valence-electron chi connectivity index (χ0n) is 6.05. The van der Waals surface area contributed by atoms with Crippen molar-refractivity contribution in [3.8, 4) is 0 Å². The lowest BCUT2D eigenvalue weighted by Crippen LogP contribution is -2.80. The fourth-order valence-electron chi connectivity index (χ4n) is 1.45. The average Bonchev–Trinajstić information content (AvgIpc) is 1.91. The number of aliphatic hydroxyl groups is 1. The van der Waals surface area contributed by atoms with Gasteiger partial charge in [-0.1, -0.05) is 0 Å². The maximum atomic E-state index is 10.9. The third-order valence-corrected chi connectivity index (χ3v) is 2.25. The number of aliphatic hydroxyl groups excluding tert-OH is 1. The van der Waals surface area contributed by atoms with Gasteiger partial charge in [-0.25, -0.2) is 0 Å². The van der Waals surface area contributed by atoms with E-state index in [0.29, 0.717) is 13.1 Å². The van der Waals surface area contributed by atoms with Crippen LogP contribution in [0.3, 0.4) is 0 Å². The summed E-state index contributed by atoms with van der Waals surface area (Å²) in [5.41, 5.74) is -0.435.